The van der Waals surface area contributed by atoms with Crippen molar-refractivity contribution < 1.29 is 5.11 Å². The Kier molecular flexibility index (Phi) is 3.68. The second-order valence-electron chi connectivity index (χ2n) is 5.42. The van der Waals surface area contributed by atoms with Crippen molar-refractivity contribution in [2.75, 3.05) is 13.1 Å². The number of rotatable bonds is 2. The lowest BCUT2D eigenvalue weighted by atomic mass is 9.79. The summed E-state index contributed by atoms with van der Waals surface area (Å²) in [6.45, 7) is 4.66. The zero-order chi connectivity index (χ0) is 10.7. The molecule has 2 nitrogen and oxygen atoms in total. The van der Waals surface area contributed by atoms with Crippen LogP contribution in [0, 0.1) is 0 Å². The third-order valence-corrected chi connectivity index (χ3v) is 4.36. The second-order valence-corrected chi connectivity index (χ2v) is 5.42. The highest BCUT2D eigenvalue weighted by molar-refractivity contribution is 4.90. The summed E-state index contributed by atoms with van der Waals surface area (Å²) in [5, 5.41) is 10.4. The molecule has 15 heavy (non-hydrogen) atoms. The van der Waals surface area contributed by atoms with Gasteiger partial charge in [0.25, 0.3) is 0 Å². The molecule has 1 saturated heterocycles. The van der Waals surface area contributed by atoms with Gasteiger partial charge in [0, 0.05) is 6.04 Å². The highest BCUT2D eigenvalue weighted by atomic mass is 16.3. The van der Waals surface area contributed by atoms with Crippen molar-refractivity contribution in [3.8, 4) is 0 Å². The average Bonchev–Trinajstić information content (AvgIpc) is 2.30. The van der Waals surface area contributed by atoms with E-state index in [1.54, 1.807) is 0 Å². The Morgan fingerprint density at radius 1 is 1.20 bits per heavy atom. The van der Waals surface area contributed by atoms with E-state index >= 15 is 0 Å². The van der Waals surface area contributed by atoms with Crippen LogP contribution in [-0.4, -0.2) is 34.7 Å². The van der Waals surface area contributed by atoms with E-state index in [4.69, 9.17) is 0 Å². The highest BCUT2D eigenvalue weighted by Gasteiger charge is 2.35. The molecule has 1 aliphatic heterocycles. The van der Waals surface area contributed by atoms with Crippen LogP contribution in [0.1, 0.15) is 58.3 Å². The number of hydrogen-bond acceptors (Lipinski definition) is 2. The minimum absolute atomic E-state index is 0.347. The van der Waals surface area contributed by atoms with Gasteiger partial charge in [0.15, 0.2) is 0 Å². The lowest BCUT2D eigenvalue weighted by molar-refractivity contribution is -0.0365. The first-order chi connectivity index (χ1) is 7.23. The molecule has 1 N–H and O–H groups in total. The van der Waals surface area contributed by atoms with Gasteiger partial charge in [-0.2, -0.15) is 0 Å². The maximum atomic E-state index is 10.4. The molecule has 0 aromatic carbocycles. The third kappa shape index (κ3) is 2.73. The number of likely N-dealkylation sites (tertiary alicyclic amines) is 1. The molecule has 2 atom stereocenters. The summed E-state index contributed by atoms with van der Waals surface area (Å²) < 4.78 is 0. The summed E-state index contributed by atoms with van der Waals surface area (Å²) in [5.41, 5.74) is -0.347. The van der Waals surface area contributed by atoms with Crippen molar-refractivity contribution in [1.29, 1.82) is 0 Å². The molecule has 0 amide bonds. The number of nitrogens with zero attached hydrogens (tertiary/aromatic N) is 1. The van der Waals surface area contributed by atoms with E-state index in [1.165, 1.54) is 45.2 Å². The van der Waals surface area contributed by atoms with E-state index in [9.17, 15) is 5.11 Å². The Bertz CT molecular complexity index is 201. The molecule has 0 aromatic rings. The molecular weight excluding hydrogens is 186 g/mol. The Balaban J connectivity index is 1.91. The molecule has 0 spiro atoms. The predicted octanol–water partition coefficient (Wildman–Crippen LogP) is 2.56. The minimum Gasteiger partial charge on any atom is -0.390 e. The monoisotopic (exact) mass is 211 g/mol. The largest absolute Gasteiger partial charge is 0.390 e. The SMILES string of the molecule is CC[C@@]1(O)CCC[C@H](N2CCCCC2)C1. The number of piperidine rings is 1. The first-order valence-corrected chi connectivity index (χ1v) is 6.70. The Hall–Kier alpha value is -0.0800. The molecule has 1 heterocycles. The van der Waals surface area contributed by atoms with Crippen molar-refractivity contribution in [1.82, 2.24) is 4.90 Å². The van der Waals surface area contributed by atoms with Crippen LogP contribution < -0.4 is 0 Å². The van der Waals surface area contributed by atoms with Crippen LogP contribution in [0.25, 0.3) is 0 Å². The summed E-state index contributed by atoms with van der Waals surface area (Å²) in [4.78, 5) is 2.63. The number of aliphatic hydroxyl groups is 1. The van der Waals surface area contributed by atoms with Gasteiger partial charge in [0.1, 0.15) is 0 Å². The van der Waals surface area contributed by atoms with E-state index in [2.05, 4.69) is 11.8 Å². The normalized spacial score (nSPS) is 39.2. The van der Waals surface area contributed by atoms with Crippen LogP contribution in [0.15, 0.2) is 0 Å². The van der Waals surface area contributed by atoms with E-state index < -0.39 is 0 Å². The van der Waals surface area contributed by atoms with Crippen molar-refractivity contribution in [2.24, 2.45) is 0 Å². The standard InChI is InChI=1S/C13H25NO/c1-2-13(15)8-6-7-12(11-13)14-9-4-3-5-10-14/h12,15H,2-11H2,1H3/t12-,13+/m0/s1. The molecule has 0 aromatic heterocycles. The van der Waals surface area contributed by atoms with Gasteiger partial charge in [-0.05, 0) is 58.0 Å². The summed E-state index contributed by atoms with van der Waals surface area (Å²) >= 11 is 0. The maximum Gasteiger partial charge on any atom is 0.0660 e. The fourth-order valence-corrected chi connectivity index (χ4v) is 3.23. The zero-order valence-corrected chi connectivity index (χ0v) is 10.0. The van der Waals surface area contributed by atoms with Crippen LogP contribution in [0.5, 0.6) is 0 Å². The molecule has 2 aliphatic rings. The molecule has 0 bridgehead atoms. The van der Waals surface area contributed by atoms with Crippen molar-refractivity contribution in [3.05, 3.63) is 0 Å². The van der Waals surface area contributed by atoms with Crippen molar-refractivity contribution in [2.45, 2.75) is 69.9 Å². The van der Waals surface area contributed by atoms with Crippen molar-refractivity contribution in [3.63, 3.8) is 0 Å². The Labute approximate surface area is 93.7 Å². The predicted molar refractivity (Wildman–Crippen MR) is 62.9 cm³/mol. The highest BCUT2D eigenvalue weighted by Crippen LogP contribution is 2.34. The summed E-state index contributed by atoms with van der Waals surface area (Å²) in [5.74, 6) is 0. The topological polar surface area (TPSA) is 23.5 Å². The van der Waals surface area contributed by atoms with Crippen LogP contribution in [0.2, 0.25) is 0 Å². The zero-order valence-electron chi connectivity index (χ0n) is 10.0. The first-order valence-electron chi connectivity index (χ1n) is 6.70. The maximum absolute atomic E-state index is 10.4. The van der Waals surface area contributed by atoms with Crippen molar-refractivity contribution >= 4 is 0 Å². The third-order valence-electron chi connectivity index (χ3n) is 4.36. The first kappa shape index (κ1) is 11.4. The van der Waals surface area contributed by atoms with E-state index in [0.29, 0.717) is 6.04 Å². The van der Waals surface area contributed by atoms with E-state index in [1.807, 2.05) is 0 Å². The number of hydrogen-bond donors (Lipinski definition) is 1. The van der Waals surface area contributed by atoms with Gasteiger partial charge >= 0.3 is 0 Å². The summed E-state index contributed by atoms with van der Waals surface area (Å²) in [6, 6.07) is 0.670. The molecule has 1 saturated carbocycles. The van der Waals surface area contributed by atoms with Gasteiger partial charge in [-0.1, -0.05) is 13.3 Å². The van der Waals surface area contributed by atoms with E-state index in [-0.39, 0.29) is 5.60 Å². The molecule has 0 unspecified atom stereocenters. The van der Waals surface area contributed by atoms with Gasteiger partial charge in [0.05, 0.1) is 5.60 Å². The van der Waals surface area contributed by atoms with Crippen LogP contribution in [-0.2, 0) is 0 Å². The lowest BCUT2D eigenvalue weighted by Crippen LogP contribution is -2.47. The molecule has 1 aliphatic carbocycles. The van der Waals surface area contributed by atoms with Gasteiger partial charge < -0.3 is 10.0 Å². The molecular formula is C13H25NO. The summed E-state index contributed by atoms with van der Waals surface area (Å²) in [6.07, 6.45) is 9.62. The Morgan fingerprint density at radius 3 is 2.60 bits per heavy atom. The molecule has 88 valence electrons. The fourth-order valence-electron chi connectivity index (χ4n) is 3.23. The molecule has 2 fully saturated rings. The van der Waals surface area contributed by atoms with Crippen LogP contribution in [0.4, 0.5) is 0 Å². The average molecular weight is 211 g/mol. The summed E-state index contributed by atoms with van der Waals surface area (Å²) in [7, 11) is 0. The minimum atomic E-state index is -0.347. The van der Waals surface area contributed by atoms with Gasteiger partial charge in [0.2, 0.25) is 0 Å². The van der Waals surface area contributed by atoms with Gasteiger partial charge in [-0.15, -0.1) is 0 Å². The van der Waals surface area contributed by atoms with Gasteiger partial charge in [-0.25, -0.2) is 0 Å². The molecule has 0 radical (unpaired) electrons. The fraction of sp³-hybridized carbons (Fsp3) is 1.00. The molecule has 2 heteroatoms. The Morgan fingerprint density at radius 2 is 1.93 bits per heavy atom. The van der Waals surface area contributed by atoms with Crippen LogP contribution in [0.3, 0.4) is 0 Å². The van der Waals surface area contributed by atoms with Crippen LogP contribution >= 0.6 is 0 Å². The van der Waals surface area contributed by atoms with E-state index in [0.717, 1.165) is 19.3 Å². The van der Waals surface area contributed by atoms with Gasteiger partial charge in [-0.3, -0.25) is 0 Å². The molecule has 2 rings (SSSR count). The lowest BCUT2D eigenvalue weighted by Gasteiger charge is -2.43. The smallest absolute Gasteiger partial charge is 0.0660 e. The quantitative estimate of drug-likeness (QED) is 0.759. The second kappa shape index (κ2) is 4.84.